The smallest absolute Gasteiger partial charge is 0.0863 e. The van der Waals surface area contributed by atoms with Crippen LogP contribution in [0.4, 0.5) is 0 Å². The van der Waals surface area contributed by atoms with Crippen molar-refractivity contribution in [2.24, 2.45) is 7.05 Å². The average molecular weight is 276 g/mol. The maximum atomic E-state index is 8.54. The Bertz CT molecular complexity index is 355. The molecular weight excluding hydrogens is 254 g/mol. The van der Waals surface area contributed by atoms with Crippen molar-refractivity contribution in [1.29, 1.82) is 0 Å². The Morgan fingerprint density at radius 3 is 2.83 bits per heavy atom. The van der Waals surface area contributed by atoms with Gasteiger partial charge in [0, 0.05) is 20.2 Å². The molecule has 0 aliphatic rings. The van der Waals surface area contributed by atoms with Crippen LogP contribution < -0.4 is 5.32 Å². The number of nitrogens with zero attached hydrogens (tertiary/aromatic N) is 2. The highest BCUT2D eigenvalue weighted by molar-refractivity contribution is 6.31. The van der Waals surface area contributed by atoms with Crippen LogP contribution >= 0.6 is 11.6 Å². The SMILES string of the molecule is CCc1nn(C)c(CNCCCOCCO)c1Cl. The van der Waals surface area contributed by atoms with E-state index >= 15 is 0 Å². The summed E-state index contributed by atoms with van der Waals surface area (Å²) in [5.74, 6) is 0. The van der Waals surface area contributed by atoms with Gasteiger partial charge in [0.1, 0.15) is 0 Å². The third-order valence-corrected chi connectivity index (χ3v) is 3.11. The Balaban J connectivity index is 2.25. The summed E-state index contributed by atoms with van der Waals surface area (Å²) in [7, 11) is 1.91. The zero-order valence-electron chi connectivity index (χ0n) is 11.1. The van der Waals surface area contributed by atoms with E-state index in [2.05, 4.69) is 10.4 Å². The van der Waals surface area contributed by atoms with Crippen molar-refractivity contribution in [1.82, 2.24) is 15.1 Å². The largest absolute Gasteiger partial charge is 0.394 e. The predicted octanol–water partition coefficient (Wildman–Crippen LogP) is 1.12. The lowest BCUT2D eigenvalue weighted by atomic mass is 10.3. The van der Waals surface area contributed by atoms with Gasteiger partial charge in [0.05, 0.1) is 29.6 Å². The molecule has 0 atom stereocenters. The molecular formula is C12H22ClN3O2. The van der Waals surface area contributed by atoms with Crippen LogP contribution in [0.25, 0.3) is 0 Å². The molecule has 0 spiro atoms. The number of hydrogen-bond donors (Lipinski definition) is 2. The number of halogens is 1. The van der Waals surface area contributed by atoms with Crippen LogP contribution in [0.1, 0.15) is 24.7 Å². The molecule has 0 saturated heterocycles. The van der Waals surface area contributed by atoms with Gasteiger partial charge in [-0.05, 0) is 19.4 Å². The van der Waals surface area contributed by atoms with Gasteiger partial charge in [-0.15, -0.1) is 0 Å². The number of aliphatic hydroxyl groups is 1. The Hall–Kier alpha value is -0.620. The quantitative estimate of drug-likeness (QED) is 0.663. The van der Waals surface area contributed by atoms with Gasteiger partial charge in [0.15, 0.2) is 0 Å². The Kier molecular flexibility index (Phi) is 7.27. The minimum atomic E-state index is 0.0812. The maximum Gasteiger partial charge on any atom is 0.0863 e. The van der Waals surface area contributed by atoms with Crippen LogP contribution in [-0.4, -0.2) is 41.3 Å². The molecule has 0 bridgehead atoms. The summed E-state index contributed by atoms with van der Waals surface area (Å²) in [6, 6.07) is 0. The van der Waals surface area contributed by atoms with Crippen LogP contribution in [0, 0.1) is 0 Å². The van der Waals surface area contributed by atoms with Gasteiger partial charge in [-0.1, -0.05) is 18.5 Å². The molecule has 1 rings (SSSR count). The Labute approximate surface area is 113 Å². The Morgan fingerprint density at radius 2 is 2.22 bits per heavy atom. The number of aryl methyl sites for hydroxylation is 2. The first-order valence-corrected chi connectivity index (χ1v) is 6.68. The summed E-state index contributed by atoms with van der Waals surface area (Å²) in [6.45, 7) is 4.76. The summed E-state index contributed by atoms with van der Waals surface area (Å²) in [6.07, 6.45) is 1.76. The van der Waals surface area contributed by atoms with Crippen LogP contribution in [-0.2, 0) is 24.8 Å². The van der Waals surface area contributed by atoms with Crippen LogP contribution in [0.3, 0.4) is 0 Å². The van der Waals surface area contributed by atoms with E-state index in [-0.39, 0.29) is 6.61 Å². The van der Waals surface area contributed by atoms with Crippen molar-refractivity contribution >= 4 is 11.6 Å². The van der Waals surface area contributed by atoms with Crippen molar-refractivity contribution in [3.05, 3.63) is 16.4 Å². The highest BCUT2D eigenvalue weighted by Gasteiger charge is 2.11. The minimum Gasteiger partial charge on any atom is -0.394 e. The third kappa shape index (κ3) is 4.57. The van der Waals surface area contributed by atoms with Gasteiger partial charge in [-0.3, -0.25) is 4.68 Å². The molecule has 6 heteroatoms. The fraction of sp³-hybridized carbons (Fsp3) is 0.750. The topological polar surface area (TPSA) is 59.3 Å². The van der Waals surface area contributed by atoms with E-state index in [1.165, 1.54) is 0 Å². The Morgan fingerprint density at radius 1 is 1.44 bits per heavy atom. The summed E-state index contributed by atoms with van der Waals surface area (Å²) in [4.78, 5) is 0. The maximum absolute atomic E-state index is 8.54. The molecule has 5 nitrogen and oxygen atoms in total. The fourth-order valence-corrected chi connectivity index (χ4v) is 2.05. The molecule has 0 unspecified atom stereocenters. The molecule has 1 aromatic heterocycles. The number of aliphatic hydroxyl groups excluding tert-OH is 1. The van der Waals surface area contributed by atoms with Gasteiger partial charge in [0.2, 0.25) is 0 Å². The monoisotopic (exact) mass is 275 g/mol. The highest BCUT2D eigenvalue weighted by atomic mass is 35.5. The van der Waals surface area contributed by atoms with Crippen molar-refractivity contribution in [3.8, 4) is 0 Å². The lowest BCUT2D eigenvalue weighted by Crippen LogP contribution is -2.18. The van der Waals surface area contributed by atoms with Crippen molar-refractivity contribution in [2.75, 3.05) is 26.4 Å². The minimum absolute atomic E-state index is 0.0812. The lowest BCUT2D eigenvalue weighted by molar-refractivity contribution is 0.0907. The molecule has 0 aliphatic carbocycles. The molecule has 0 fully saturated rings. The van der Waals surface area contributed by atoms with Crippen molar-refractivity contribution in [2.45, 2.75) is 26.3 Å². The molecule has 2 N–H and O–H groups in total. The molecule has 1 aromatic rings. The number of rotatable bonds is 9. The van der Waals surface area contributed by atoms with E-state index in [1.807, 2.05) is 18.7 Å². The molecule has 0 radical (unpaired) electrons. The number of hydrogen-bond acceptors (Lipinski definition) is 4. The zero-order chi connectivity index (χ0) is 13.4. The standard InChI is InChI=1S/C12H22ClN3O2/c1-3-10-12(13)11(16(2)15-10)9-14-5-4-7-18-8-6-17/h14,17H,3-9H2,1-2H3. The second kappa shape index (κ2) is 8.48. The second-order valence-corrected chi connectivity index (χ2v) is 4.43. The molecule has 18 heavy (non-hydrogen) atoms. The van der Waals surface area contributed by atoms with Crippen LogP contribution in [0.15, 0.2) is 0 Å². The lowest BCUT2D eigenvalue weighted by Gasteiger charge is -2.06. The first kappa shape index (κ1) is 15.4. The molecule has 0 saturated carbocycles. The van der Waals surface area contributed by atoms with Gasteiger partial charge >= 0.3 is 0 Å². The number of nitrogens with one attached hydrogen (secondary N) is 1. The molecule has 0 aromatic carbocycles. The second-order valence-electron chi connectivity index (χ2n) is 4.05. The van der Waals surface area contributed by atoms with E-state index < -0.39 is 0 Å². The van der Waals surface area contributed by atoms with Gasteiger partial charge < -0.3 is 15.2 Å². The average Bonchev–Trinajstić information content (AvgIpc) is 2.64. The summed E-state index contributed by atoms with van der Waals surface area (Å²) < 4.78 is 7.00. The van der Waals surface area contributed by atoms with Crippen molar-refractivity contribution in [3.63, 3.8) is 0 Å². The summed E-state index contributed by atoms with van der Waals surface area (Å²) >= 11 is 6.24. The predicted molar refractivity (Wildman–Crippen MR) is 71.8 cm³/mol. The van der Waals surface area contributed by atoms with Crippen molar-refractivity contribution < 1.29 is 9.84 Å². The number of ether oxygens (including phenoxy) is 1. The van der Waals surface area contributed by atoms with E-state index in [0.717, 1.165) is 35.8 Å². The first-order valence-electron chi connectivity index (χ1n) is 6.30. The van der Waals surface area contributed by atoms with E-state index in [1.54, 1.807) is 0 Å². The van der Waals surface area contributed by atoms with E-state index in [0.29, 0.717) is 19.8 Å². The normalized spacial score (nSPS) is 11.1. The molecule has 1 heterocycles. The zero-order valence-corrected chi connectivity index (χ0v) is 11.8. The highest BCUT2D eigenvalue weighted by Crippen LogP contribution is 2.20. The van der Waals surface area contributed by atoms with Crippen LogP contribution in [0.2, 0.25) is 5.02 Å². The van der Waals surface area contributed by atoms with Gasteiger partial charge in [0.25, 0.3) is 0 Å². The fourth-order valence-electron chi connectivity index (χ4n) is 1.68. The molecule has 0 amide bonds. The molecule has 104 valence electrons. The summed E-state index contributed by atoms with van der Waals surface area (Å²) in [5, 5.41) is 17.0. The number of aromatic nitrogens is 2. The molecule has 0 aliphatic heterocycles. The first-order chi connectivity index (χ1) is 8.70. The van der Waals surface area contributed by atoms with E-state index in [4.69, 9.17) is 21.4 Å². The van der Waals surface area contributed by atoms with Gasteiger partial charge in [-0.25, -0.2) is 0 Å². The third-order valence-electron chi connectivity index (χ3n) is 2.67. The van der Waals surface area contributed by atoms with Gasteiger partial charge in [-0.2, -0.15) is 5.10 Å². The van der Waals surface area contributed by atoms with Crippen LogP contribution in [0.5, 0.6) is 0 Å². The van der Waals surface area contributed by atoms with E-state index in [9.17, 15) is 0 Å². The summed E-state index contributed by atoms with van der Waals surface area (Å²) in [5.41, 5.74) is 1.96.